The third kappa shape index (κ3) is 4.39. The molecule has 94 valence electrons. The molecule has 0 aromatic rings. The second-order valence-electron chi connectivity index (χ2n) is 4.55. The van der Waals surface area contributed by atoms with E-state index in [0.717, 1.165) is 51.7 Å². The number of unbranched alkanes of at least 4 members (excludes halogenated alkanes) is 1. The molecule has 0 aromatic carbocycles. The van der Waals surface area contributed by atoms with E-state index in [0.29, 0.717) is 5.92 Å². The van der Waals surface area contributed by atoms with E-state index < -0.39 is 0 Å². The number of hydrogen-bond donors (Lipinski definition) is 2. The zero-order valence-corrected chi connectivity index (χ0v) is 10.2. The highest BCUT2D eigenvalue weighted by Gasteiger charge is 2.22. The Balaban J connectivity index is 2.26. The van der Waals surface area contributed by atoms with E-state index in [-0.39, 0.29) is 12.6 Å². The summed E-state index contributed by atoms with van der Waals surface area (Å²) in [6.07, 6.45) is 5.16. The number of rotatable bonds is 5. The van der Waals surface area contributed by atoms with Crippen LogP contribution in [0, 0.1) is 5.92 Å². The monoisotopic (exact) mass is 228 g/mol. The average Bonchev–Trinajstić information content (AvgIpc) is 2.30. The number of hydrogen-bond acceptors (Lipinski definition) is 2. The summed E-state index contributed by atoms with van der Waals surface area (Å²) in [5.41, 5.74) is 0. The van der Waals surface area contributed by atoms with Crippen LogP contribution in [0.1, 0.15) is 39.0 Å². The first-order valence-corrected chi connectivity index (χ1v) is 6.41. The Morgan fingerprint density at radius 2 is 2.38 bits per heavy atom. The van der Waals surface area contributed by atoms with Gasteiger partial charge < -0.3 is 15.3 Å². The molecule has 1 saturated heterocycles. The number of nitrogens with zero attached hydrogens (tertiary/aromatic N) is 1. The summed E-state index contributed by atoms with van der Waals surface area (Å²) in [5, 5.41) is 11.8. The molecule has 0 aliphatic carbocycles. The maximum absolute atomic E-state index is 11.8. The number of carbonyl (C=O) groups excluding carboxylic acids is 1. The van der Waals surface area contributed by atoms with E-state index in [1.54, 1.807) is 0 Å². The van der Waals surface area contributed by atoms with Gasteiger partial charge in [-0.3, -0.25) is 0 Å². The number of likely N-dealkylation sites (tertiary alicyclic amines) is 1. The van der Waals surface area contributed by atoms with Crippen molar-refractivity contribution in [2.75, 3.05) is 26.2 Å². The third-order valence-corrected chi connectivity index (χ3v) is 3.15. The Morgan fingerprint density at radius 1 is 1.56 bits per heavy atom. The van der Waals surface area contributed by atoms with E-state index in [9.17, 15) is 4.79 Å². The molecule has 1 atom stereocenters. The van der Waals surface area contributed by atoms with E-state index in [1.165, 1.54) is 0 Å². The van der Waals surface area contributed by atoms with Crippen LogP contribution in [0.3, 0.4) is 0 Å². The molecule has 0 radical (unpaired) electrons. The van der Waals surface area contributed by atoms with Gasteiger partial charge in [-0.25, -0.2) is 4.79 Å². The van der Waals surface area contributed by atoms with Gasteiger partial charge in [-0.1, -0.05) is 13.3 Å². The number of carbonyl (C=O) groups is 1. The van der Waals surface area contributed by atoms with Crippen molar-refractivity contribution in [3.63, 3.8) is 0 Å². The van der Waals surface area contributed by atoms with Gasteiger partial charge in [0.05, 0.1) is 0 Å². The second-order valence-corrected chi connectivity index (χ2v) is 4.55. The van der Waals surface area contributed by atoms with Gasteiger partial charge in [-0.05, 0) is 31.6 Å². The highest BCUT2D eigenvalue weighted by molar-refractivity contribution is 5.74. The number of piperidine rings is 1. The quantitative estimate of drug-likeness (QED) is 0.702. The van der Waals surface area contributed by atoms with Gasteiger partial charge in [0.25, 0.3) is 0 Å². The minimum absolute atomic E-state index is 0.0658. The van der Waals surface area contributed by atoms with E-state index >= 15 is 0 Å². The number of amides is 2. The molecular weight excluding hydrogens is 204 g/mol. The van der Waals surface area contributed by atoms with Crippen molar-refractivity contribution in [3.05, 3.63) is 0 Å². The molecule has 2 N–H and O–H groups in total. The summed E-state index contributed by atoms with van der Waals surface area (Å²) < 4.78 is 0. The van der Waals surface area contributed by atoms with Crippen molar-refractivity contribution in [2.45, 2.75) is 39.0 Å². The number of urea groups is 1. The molecule has 4 nitrogen and oxygen atoms in total. The van der Waals surface area contributed by atoms with Crippen molar-refractivity contribution in [1.82, 2.24) is 10.2 Å². The van der Waals surface area contributed by atoms with Gasteiger partial charge in [0.1, 0.15) is 0 Å². The van der Waals surface area contributed by atoms with Crippen LogP contribution in [0.15, 0.2) is 0 Å². The standard InChI is InChI=1S/C12H24N2O2/c1-2-3-7-13-12(16)14-8-4-5-11(10-14)6-9-15/h11,15H,2-10H2,1H3,(H,13,16). The summed E-state index contributed by atoms with van der Waals surface area (Å²) in [4.78, 5) is 13.7. The summed E-state index contributed by atoms with van der Waals surface area (Å²) in [7, 11) is 0. The topological polar surface area (TPSA) is 52.6 Å². The normalized spacial score (nSPS) is 20.9. The molecule has 1 heterocycles. The fourth-order valence-electron chi connectivity index (χ4n) is 2.15. The molecule has 1 unspecified atom stereocenters. The Hall–Kier alpha value is -0.770. The Kier molecular flexibility index (Phi) is 6.23. The first-order valence-electron chi connectivity index (χ1n) is 6.41. The smallest absolute Gasteiger partial charge is 0.317 e. The lowest BCUT2D eigenvalue weighted by Crippen LogP contribution is -2.45. The van der Waals surface area contributed by atoms with E-state index in [2.05, 4.69) is 12.2 Å². The Labute approximate surface area is 98.0 Å². The minimum Gasteiger partial charge on any atom is -0.396 e. The first-order chi connectivity index (χ1) is 7.77. The summed E-state index contributed by atoms with van der Waals surface area (Å²) in [6.45, 7) is 4.79. The van der Waals surface area contributed by atoms with Crippen LogP contribution in [-0.2, 0) is 0 Å². The lowest BCUT2D eigenvalue weighted by Gasteiger charge is -2.32. The predicted octanol–water partition coefficient (Wildman–Crippen LogP) is 1.59. The molecular formula is C12H24N2O2. The van der Waals surface area contributed by atoms with Crippen molar-refractivity contribution < 1.29 is 9.90 Å². The van der Waals surface area contributed by atoms with Gasteiger partial charge >= 0.3 is 6.03 Å². The molecule has 1 fully saturated rings. The highest BCUT2D eigenvalue weighted by Crippen LogP contribution is 2.19. The van der Waals surface area contributed by atoms with Crippen molar-refractivity contribution in [1.29, 1.82) is 0 Å². The molecule has 16 heavy (non-hydrogen) atoms. The molecule has 1 aliphatic heterocycles. The zero-order valence-electron chi connectivity index (χ0n) is 10.2. The van der Waals surface area contributed by atoms with Gasteiger partial charge in [-0.15, -0.1) is 0 Å². The molecule has 0 saturated carbocycles. The number of aliphatic hydroxyl groups is 1. The van der Waals surface area contributed by atoms with Crippen LogP contribution < -0.4 is 5.32 Å². The third-order valence-electron chi connectivity index (χ3n) is 3.15. The van der Waals surface area contributed by atoms with Gasteiger partial charge in [0.15, 0.2) is 0 Å². The van der Waals surface area contributed by atoms with Gasteiger partial charge in [0, 0.05) is 26.2 Å². The van der Waals surface area contributed by atoms with Gasteiger partial charge in [0.2, 0.25) is 0 Å². The first kappa shape index (κ1) is 13.3. The van der Waals surface area contributed by atoms with Crippen LogP contribution in [0.2, 0.25) is 0 Å². The van der Waals surface area contributed by atoms with Crippen molar-refractivity contribution in [3.8, 4) is 0 Å². The molecule has 4 heteroatoms. The fourth-order valence-corrected chi connectivity index (χ4v) is 2.15. The number of nitrogens with one attached hydrogen (secondary N) is 1. The SMILES string of the molecule is CCCCNC(=O)N1CCCC(CCO)C1. The number of aliphatic hydroxyl groups excluding tert-OH is 1. The second kappa shape index (κ2) is 7.49. The highest BCUT2D eigenvalue weighted by atomic mass is 16.3. The molecule has 1 rings (SSSR count). The lowest BCUT2D eigenvalue weighted by molar-refractivity contribution is 0.150. The lowest BCUT2D eigenvalue weighted by atomic mass is 9.95. The maximum atomic E-state index is 11.8. The average molecular weight is 228 g/mol. The van der Waals surface area contributed by atoms with Crippen LogP contribution in [-0.4, -0.2) is 42.3 Å². The summed E-state index contributed by atoms with van der Waals surface area (Å²) >= 11 is 0. The summed E-state index contributed by atoms with van der Waals surface area (Å²) in [5.74, 6) is 0.482. The predicted molar refractivity (Wildman–Crippen MR) is 64.3 cm³/mol. The fraction of sp³-hybridized carbons (Fsp3) is 0.917. The van der Waals surface area contributed by atoms with Gasteiger partial charge in [-0.2, -0.15) is 0 Å². The largest absolute Gasteiger partial charge is 0.396 e. The van der Waals surface area contributed by atoms with Crippen LogP contribution in [0.4, 0.5) is 4.79 Å². The van der Waals surface area contributed by atoms with Crippen LogP contribution in [0.25, 0.3) is 0 Å². The molecule has 0 aromatic heterocycles. The molecule has 0 bridgehead atoms. The Morgan fingerprint density at radius 3 is 3.06 bits per heavy atom. The zero-order chi connectivity index (χ0) is 11.8. The van der Waals surface area contributed by atoms with Crippen LogP contribution in [0.5, 0.6) is 0 Å². The molecule has 2 amide bonds. The van der Waals surface area contributed by atoms with E-state index in [1.807, 2.05) is 4.90 Å². The summed E-state index contributed by atoms with van der Waals surface area (Å²) in [6, 6.07) is 0.0658. The maximum Gasteiger partial charge on any atom is 0.317 e. The van der Waals surface area contributed by atoms with E-state index in [4.69, 9.17) is 5.11 Å². The molecule has 0 spiro atoms. The minimum atomic E-state index is 0.0658. The van der Waals surface area contributed by atoms with Crippen molar-refractivity contribution in [2.24, 2.45) is 5.92 Å². The Bertz CT molecular complexity index is 207. The van der Waals surface area contributed by atoms with Crippen LogP contribution >= 0.6 is 0 Å². The molecule has 1 aliphatic rings. The van der Waals surface area contributed by atoms with Crippen molar-refractivity contribution >= 4 is 6.03 Å².